The minimum Gasteiger partial charge on any atom is -0.497 e. The molecule has 0 saturated carbocycles. The Morgan fingerprint density at radius 2 is 1.97 bits per heavy atom. The molecule has 2 N–H and O–H groups in total. The van der Waals surface area contributed by atoms with Crippen LogP contribution in [-0.2, 0) is 13.1 Å². The van der Waals surface area contributed by atoms with Crippen LogP contribution >= 0.6 is 0 Å². The number of ether oxygens (including phenoxy) is 2. The van der Waals surface area contributed by atoms with Gasteiger partial charge in [-0.3, -0.25) is 4.90 Å². The van der Waals surface area contributed by atoms with Crippen molar-refractivity contribution in [3.8, 4) is 17.6 Å². The Morgan fingerprint density at radius 1 is 1.22 bits per heavy atom. The minimum absolute atomic E-state index is 0.163. The van der Waals surface area contributed by atoms with Gasteiger partial charge in [-0.15, -0.1) is 0 Å². The molecule has 0 spiro atoms. The molecule has 0 radical (unpaired) electrons. The van der Waals surface area contributed by atoms with E-state index in [4.69, 9.17) is 14.7 Å². The van der Waals surface area contributed by atoms with Crippen molar-refractivity contribution < 1.29 is 13.9 Å². The molecule has 0 aliphatic carbocycles. The first-order valence-electron chi connectivity index (χ1n) is 10.7. The maximum absolute atomic E-state index is 14.1. The third-order valence-corrected chi connectivity index (χ3v) is 5.36. The number of nitrogens with one attached hydrogen (secondary N) is 2. The Bertz CT molecular complexity index is 967. The number of guanidine groups is 1. The van der Waals surface area contributed by atoms with Gasteiger partial charge in [-0.25, -0.2) is 9.38 Å². The van der Waals surface area contributed by atoms with Gasteiger partial charge < -0.3 is 20.1 Å². The molecule has 3 rings (SSSR count). The predicted molar refractivity (Wildman–Crippen MR) is 122 cm³/mol. The highest BCUT2D eigenvalue weighted by molar-refractivity contribution is 5.80. The van der Waals surface area contributed by atoms with Crippen molar-refractivity contribution in [1.29, 1.82) is 5.26 Å². The molecule has 8 heteroatoms. The van der Waals surface area contributed by atoms with E-state index < -0.39 is 0 Å². The van der Waals surface area contributed by atoms with Crippen LogP contribution < -0.4 is 20.1 Å². The summed E-state index contributed by atoms with van der Waals surface area (Å²) in [5.74, 6) is 1.85. The maximum atomic E-state index is 14.1. The lowest BCUT2D eigenvalue weighted by molar-refractivity contribution is 0.321. The van der Waals surface area contributed by atoms with E-state index in [2.05, 4.69) is 20.5 Å². The van der Waals surface area contributed by atoms with Crippen LogP contribution in [-0.4, -0.2) is 50.8 Å². The first kappa shape index (κ1) is 23.4. The van der Waals surface area contributed by atoms with Gasteiger partial charge in [-0.1, -0.05) is 0 Å². The summed E-state index contributed by atoms with van der Waals surface area (Å²) in [5.41, 5.74) is 1.96. The number of likely N-dealkylation sites (tertiary alicyclic amines) is 1. The second-order valence-electron chi connectivity index (χ2n) is 7.70. The Balaban J connectivity index is 1.61. The van der Waals surface area contributed by atoms with Crippen LogP contribution in [0.2, 0.25) is 0 Å². The third-order valence-electron chi connectivity index (χ3n) is 5.36. The van der Waals surface area contributed by atoms with Gasteiger partial charge in [0.1, 0.15) is 17.3 Å². The molecule has 0 aromatic heterocycles. The van der Waals surface area contributed by atoms with E-state index in [1.165, 1.54) is 12.1 Å². The summed E-state index contributed by atoms with van der Waals surface area (Å²) < 4.78 is 24.8. The Labute approximate surface area is 188 Å². The van der Waals surface area contributed by atoms with Crippen LogP contribution in [0.5, 0.6) is 11.5 Å². The Morgan fingerprint density at radius 3 is 2.62 bits per heavy atom. The molecule has 2 aromatic rings. The van der Waals surface area contributed by atoms with E-state index in [1.807, 2.05) is 31.2 Å². The van der Waals surface area contributed by atoms with Crippen LogP contribution in [0, 0.1) is 17.1 Å². The number of aliphatic imine (C=N–C) groups is 1. The van der Waals surface area contributed by atoms with E-state index >= 15 is 0 Å². The summed E-state index contributed by atoms with van der Waals surface area (Å²) in [4.78, 5) is 6.90. The van der Waals surface area contributed by atoms with E-state index in [9.17, 15) is 4.39 Å². The molecule has 1 aliphatic rings. The second kappa shape index (κ2) is 11.3. The highest BCUT2D eigenvalue weighted by Crippen LogP contribution is 2.24. The predicted octanol–water partition coefficient (Wildman–Crippen LogP) is 3.04. The molecule has 170 valence electrons. The van der Waals surface area contributed by atoms with Gasteiger partial charge in [0.2, 0.25) is 0 Å². The van der Waals surface area contributed by atoms with Crippen molar-refractivity contribution in [1.82, 2.24) is 15.5 Å². The van der Waals surface area contributed by atoms with Gasteiger partial charge in [0.15, 0.2) is 5.96 Å². The number of nitriles is 1. The Kier molecular flexibility index (Phi) is 8.28. The largest absolute Gasteiger partial charge is 0.497 e. The van der Waals surface area contributed by atoms with Gasteiger partial charge in [0.25, 0.3) is 0 Å². The topological polar surface area (TPSA) is 81.9 Å². The lowest BCUT2D eigenvalue weighted by Gasteiger charge is -2.19. The smallest absolute Gasteiger partial charge is 0.191 e. The van der Waals surface area contributed by atoms with Crippen molar-refractivity contribution in [2.75, 3.05) is 33.9 Å². The summed E-state index contributed by atoms with van der Waals surface area (Å²) in [6.07, 6.45) is 0.976. The molecule has 1 unspecified atom stereocenters. The zero-order valence-corrected chi connectivity index (χ0v) is 18.8. The van der Waals surface area contributed by atoms with Crippen molar-refractivity contribution in [3.63, 3.8) is 0 Å². The van der Waals surface area contributed by atoms with Crippen LogP contribution in [0.3, 0.4) is 0 Å². The standard InChI is InChI=1S/C24H30FN5O2/c1-4-27-24(28-14-19-9-17(13-26)5-6-23(19)25)29-20-7-8-30(16-20)15-18-10-21(31-2)12-22(11-18)32-3/h5-6,9-12,20H,4,7-8,14-16H2,1-3H3,(H2,27,28,29). The third kappa shape index (κ3) is 6.34. The zero-order chi connectivity index (χ0) is 22.9. The van der Waals surface area contributed by atoms with Crippen LogP contribution in [0.25, 0.3) is 0 Å². The highest BCUT2D eigenvalue weighted by atomic mass is 19.1. The molecular weight excluding hydrogens is 409 g/mol. The van der Waals surface area contributed by atoms with E-state index in [0.29, 0.717) is 23.6 Å². The lowest BCUT2D eigenvalue weighted by atomic mass is 10.1. The van der Waals surface area contributed by atoms with Crippen molar-refractivity contribution >= 4 is 5.96 Å². The molecular formula is C24H30FN5O2. The maximum Gasteiger partial charge on any atom is 0.191 e. The van der Waals surface area contributed by atoms with Gasteiger partial charge >= 0.3 is 0 Å². The highest BCUT2D eigenvalue weighted by Gasteiger charge is 2.23. The monoisotopic (exact) mass is 439 g/mol. The molecule has 1 fully saturated rings. The first-order chi connectivity index (χ1) is 15.5. The molecule has 1 heterocycles. The van der Waals surface area contributed by atoms with E-state index in [1.54, 1.807) is 20.3 Å². The number of rotatable bonds is 8. The fraction of sp³-hybridized carbons (Fsp3) is 0.417. The molecule has 0 amide bonds. The average Bonchev–Trinajstić information content (AvgIpc) is 3.24. The molecule has 1 saturated heterocycles. The quantitative estimate of drug-likeness (QED) is 0.486. The fourth-order valence-corrected chi connectivity index (χ4v) is 3.75. The molecule has 0 bridgehead atoms. The fourth-order valence-electron chi connectivity index (χ4n) is 3.75. The van der Waals surface area contributed by atoms with E-state index in [0.717, 1.165) is 43.1 Å². The number of hydrogen-bond donors (Lipinski definition) is 2. The molecule has 2 aromatic carbocycles. The van der Waals surface area contributed by atoms with Crippen LogP contribution in [0.1, 0.15) is 30.0 Å². The van der Waals surface area contributed by atoms with Crippen molar-refractivity contribution in [3.05, 3.63) is 58.9 Å². The molecule has 32 heavy (non-hydrogen) atoms. The van der Waals surface area contributed by atoms with Gasteiger partial charge in [-0.2, -0.15) is 5.26 Å². The number of methoxy groups -OCH3 is 2. The normalized spacial score (nSPS) is 16.5. The number of benzene rings is 2. The average molecular weight is 440 g/mol. The lowest BCUT2D eigenvalue weighted by Crippen LogP contribution is -2.44. The molecule has 7 nitrogen and oxygen atoms in total. The van der Waals surface area contributed by atoms with E-state index in [-0.39, 0.29) is 18.4 Å². The van der Waals surface area contributed by atoms with Crippen LogP contribution in [0.4, 0.5) is 4.39 Å². The summed E-state index contributed by atoms with van der Waals surface area (Å²) in [6.45, 7) is 5.47. The first-order valence-corrected chi connectivity index (χ1v) is 10.7. The summed E-state index contributed by atoms with van der Waals surface area (Å²) >= 11 is 0. The molecule has 1 atom stereocenters. The SMILES string of the molecule is CCNC(=NCc1cc(C#N)ccc1F)NC1CCN(Cc2cc(OC)cc(OC)c2)C1. The van der Waals surface area contributed by atoms with Gasteiger partial charge in [0.05, 0.1) is 32.4 Å². The molecule has 1 aliphatic heterocycles. The number of halogens is 1. The van der Waals surface area contributed by atoms with Crippen LogP contribution in [0.15, 0.2) is 41.4 Å². The van der Waals surface area contributed by atoms with Gasteiger partial charge in [-0.05, 0) is 49.2 Å². The number of hydrogen-bond acceptors (Lipinski definition) is 5. The van der Waals surface area contributed by atoms with Gasteiger partial charge in [0, 0.05) is 43.9 Å². The summed E-state index contributed by atoms with van der Waals surface area (Å²) in [7, 11) is 3.30. The summed E-state index contributed by atoms with van der Waals surface area (Å²) in [5, 5.41) is 15.7. The summed E-state index contributed by atoms with van der Waals surface area (Å²) in [6, 6.07) is 12.5. The van der Waals surface area contributed by atoms with Crippen molar-refractivity contribution in [2.24, 2.45) is 4.99 Å². The number of nitrogens with zero attached hydrogens (tertiary/aromatic N) is 3. The zero-order valence-electron chi connectivity index (χ0n) is 18.8. The second-order valence-corrected chi connectivity index (χ2v) is 7.70. The van der Waals surface area contributed by atoms with Crippen molar-refractivity contribution in [2.45, 2.75) is 32.5 Å². The minimum atomic E-state index is -0.357. The Hall–Kier alpha value is -3.31.